The molecule has 1 saturated carbocycles. The molecule has 100 valence electrons. The van der Waals surface area contributed by atoms with Gasteiger partial charge in [0, 0.05) is 19.5 Å². The lowest BCUT2D eigenvalue weighted by atomic mass is 9.91. The second kappa shape index (κ2) is 5.22. The molecule has 1 fully saturated rings. The highest BCUT2D eigenvalue weighted by atomic mass is 15.5. The molecule has 0 aromatic heterocycles. The number of benzene rings is 2. The lowest BCUT2D eigenvalue weighted by Crippen LogP contribution is -2.30. The van der Waals surface area contributed by atoms with Gasteiger partial charge in [-0.05, 0) is 35.8 Å². The fraction of sp³-hybridized carbons (Fsp3) is 0.412. The van der Waals surface area contributed by atoms with Gasteiger partial charge in [-0.15, -0.1) is 0 Å². The molecule has 19 heavy (non-hydrogen) atoms. The molecule has 0 amide bonds. The van der Waals surface area contributed by atoms with Crippen LogP contribution in [-0.4, -0.2) is 14.1 Å². The standard InChI is InChI=1S/C17H22N2/c1-18-19(2)16-12-6-10-14-9-5-11-15(17(14)16)13-7-3-4-8-13/h5-6,9-13,18H,3-4,7-8H2,1-2H3. The van der Waals surface area contributed by atoms with Crippen molar-refractivity contribution < 1.29 is 0 Å². The SMILES string of the molecule is CNN(C)c1cccc2cccc(C3CCCC3)c12. The van der Waals surface area contributed by atoms with Crippen molar-refractivity contribution in [1.82, 2.24) is 5.43 Å². The average molecular weight is 254 g/mol. The van der Waals surface area contributed by atoms with Gasteiger partial charge in [-0.3, -0.25) is 0 Å². The molecule has 1 aliphatic rings. The summed E-state index contributed by atoms with van der Waals surface area (Å²) in [6, 6.07) is 13.3. The van der Waals surface area contributed by atoms with Gasteiger partial charge in [0.2, 0.25) is 0 Å². The summed E-state index contributed by atoms with van der Waals surface area (Å²) in [5.41, 5.74) is 6.04. The van der Waals surface area contributed by atoms with Crippen molar-refractivity contribution in [3.8, 4) is 0 Å². The van der Waals surface area contributed by atoms with Gasteiger partial charge in [0.15, 0.2) is 0 Å². The van der Waals surface area contributed by atoms with Gasteiger partial charge in [-0.2, -0.15) is 0 Å². The smallest absolute Gasteiger partial charge is 0.0597 e. The minimum atomic E-state index is 0.745. The molecule has 0 spiro atoms. The second-order valence-electron chi connectivity index (χ2n) is 5.49. The van der Waals surface area contributed by atoms with Gasteiger partial charge in [0.25, 0.3) is 0 Å². The van der Waals surface area contributed by atoms with Crippen molar-refractivity contribution in [2.75, 3.05) is 19.1 Å². The Morgan fingerprint density at radius 1 is 1.05 bits per heavy atom. The summed E-state index contributed by atoms with van der Waals surface area (Å²) in [6.07, 6.45) is 5.45. The molecular weight excluding hydrogens is 232 g/mol. The maximum absolute atomic E-state index is 3.22. The molecule has 0 bridgehead atoms. The first-order chi connectivity index (χ1) is 9.31. The van der Waals surface area contributed by atoms with E-state index >= 15 is 0 Å². The van der Waals surface area contributed by atoms with Crippen LogP contribution in [0.4, 0.5) is 5.69 Å². The Morgan fingerprint density at radius 3 is 2.42 bits per heavy atom. The first-order valence-electron chi connectivity index (χ1n) is 7.24. The van der Waals surface area contributed by atoms with Crippen molar-refractivity contribution >= 4 is 16.5 Å². The maximum Gasteiger partial charge on any atom is 0.0597 e. The van der Waals surface area contributed by atoms with E-state index in [9.17, 15) is 0 Å². The minimum Gasteiger partial charge on any atom is -0.311 e. The van der Waals surface area contributed by atoms with Gasteiger partial charge in [-0.25, -0.2) is 5.43 Å². The third kappa shape index (κ3) is 2.21. The number of hydrogen-bond acceptors (Lipinski definition) is 2. The average Bonchev–Trinajstić information content (AvgIpc) is 2.99. The number of nitrogens with zero attached hydrogens (tertiary/aromatic N) is 1. The Bertz CT molecular complexity index is 565. The van der Waals surface area contributed by atoms with Crippen molar-refractivity contribution in [2.45, 2.75) is 31.6 Å². The van der Waals surface area contributed by atoms with Crippen LogP contribution in [0.2, 0.25) is 0 Å². The zero-order valence-electron chi connectivity index (χ0n) is 11.8. The number of anilines is 1. The van der Waals surface area contributed by atoms with Gasteiger partial charge in [0.05, 0.1) is 5.69 Å². The summed E-state index contributed by atoms with van der Waals surface area (Å²) in [7, 11) is 4.05. The Balaban J connectivity index is 2.20. The van der Waals surface area contributed by atoms with Crippen LogP contribution < -0.4 is 10.4 Å². The third-order valence-corrected chi connectivity index (χ3v) is 4.41. The molecule has 0 aliphatic heterocycles. The van der Waals surface area contributed by atoms with Crippen LogP contribution in [0.3, 0.4) is 0 Å². The predicted molar refractivity (Wildman–Crippen MR) is 82.6 cm³/mol. The van der Waals surface area contributed by atoms with Gasteiger partial charge < -0.3 is 5.01 Å². The van der Waals surface area contributed by atoms with Crippen LogP contribution in [-0.2, 0) is 0 Å². The Labute approximate surface area is 115 Å². The van der Waals surface area contributed by atoms with Crippen LogP contribution in [0.1, 0.15) is 37.2 Å². The molecule has 2 aromatic rings. The molecule has 2 nitrogen and oxygen atoms in total. The zero-order chi connectivity index (χ0) is 13.2. The Morgan fingerprint density at radius 2 is 1.74 bits per heavy atom. The lowest BCUT2D eigenvalue weighted by Gasteiger charge is -2.23. The normalized spacial score (nSPS) is 16.1. The third-order valence-electron chi connectivity index (χ3n) is 4.41. The molecule has 0 unspecified atom stereocenters. The molecule has 2 heteroatoms. The molecule has 2 aromatic carbocycles. The van der Waals surface area contributed by atoms with Gasteiger partial charge >= 0.3 is 0 Å². The predicted octanol–water partition coefficient (Wildman–Crippen LogP) is 4.07. The Kier molecular flexibility index (Phi) is 3.43. The van der Waals surface area contributed by atoms with E-state index in [1.54, 1.807) is 0 Å². The van der Waals surface area contributed by atoms with Crippen LogP contribution in [0.25, 0.3) is 10.8 Å². The summed E-state index contributed by atoms with van der Waals surface area (Å²) in [5.74, 6) is 0.745. The van der Waals surface area contributed by atoms with Crippen LogP contribution >= 0.6 is 0 Å². The highest BCUT2D eigenvalue weighted by Gasteiger charge is 2.20. The van der Waals surface area contributed by atoms with Crippen molar-refractivity contribution in [3.05, 3.63) is 42.0 Å². The van der Waals surface area contributed by atoms with Crippen LogP contribution in [0, 0.1) is 0 Å². The Hall–Kier alpha value is -1.54. The molecular formula is C17H22N2. The molecule has 0 radical (unpaired) electrons. The van der Waals surface area contributed by atoms with E-state index in [0.717, 1.165) is 5.92 Å². The number of nitrogens with one attached hydrogen (secondary N) is 1. The summed E-state index contributed by atoms with van der Waals surface area (Å²) in [4.78, 5) is 0. The van der Waals surface area contributed by atoms with Crippen molar-refractivity contribution in [2.24, 2.45) is 0 Å². The quantitative estimate of drug-likeness (QED) is 0.831. The van der Waals surface area contributed by atoms with Gasteiger partial charge in [-0.1, -0.05) is 43.2 Å². The fourth-order valence-electron chi connectivity index (χ4n) is 3.33. The molecule has 0 atom stereocenters. The molecule has 0 heterocycles. The van der Waals surface area contributed by atoms with Crippen molar-refractivity contribution in [1.29, 1.82) is 0 Å². The second-order valence-corrected chi connectivity index (χ2v) is 5.49. The lowest BCUT2D eigenvalue weighted by molar-refractivity contribution is 0.728. The van der Waals surface area contributed by atoms with E-state index < -0.39 is 0 Å². The van der Waals surface area contributed by atoms with Crippen LogP contribution in [0.15, 0.2) is 36.4 Å². The molecule has 1 N–H and O–H groups in total. The molecule has 3 rings (SSSR count). The summed E-state index contributed by atoms with van der Waals surface area (Å²) >= 11 is 0. The first kappa shape index (κ1) is 12.5. The number of hydrazine groups is 1. The van der Waals surface area contributed by atoms with E-state index in [-0.39, 0.29) is 0 Å². The van der Waals surface area contributed by atoms with E-state index in [4.69, 9.17) is 0 Å². The number of rotatable bonds is 3. The monoisotopic (exact) mass is 254 g/mol. The number of hydrogen-bond donors (Lipinski definition) is 1. The largest absolute Gasteiger partial charge is 0.311 e. The highest BCUT2D eigenvalue weighted by Crippen LogP contribution is 2.40. The van der Waals surface area contributed by atoms with E-state index in [0.29, 0.717) is 0 Å². The number of fused-ring (bicyclic) bond motifs is 1. The summed E-state index contributed by atoms with van der Waals surface area (Å²) < 4.78 is 0. The molecule has 0 saturated heterocycles. The fourth-order valence-corrected chi connectivity index (χ4v) is 3.33. The zero-order valence-corrected chi connectivity index (χ0v) is 11.8. The van der Waals surface area contributed by atoms with E-state index in [1.807, 2.05) is 7.05 Å². The van der Waals surface area contributed by atoms with E-state index in [1.165, 1.54) is 47.7 Å². The van der Waals surface area contributed by atoms with Crippen LogP contribution in [0.5, 0.6) is 0 Å². The van der Waals surface area contributed by atoms with Gasteiger partial charge in [0.1, 0.15) is 0 Å². The summed E-state index contributed by atoms with van der Waals surface area (Å²) in [6.45, 7) is 0. The molecule has 1 aliphatic carbocycles. The first-order valence-corrected chi connectivity index (χ1v) is 7.24. The summed E-state index contributed by atoms with van der Waals surface area (Å²) in [5, 5.41) is 4.89. The van der Waals surface area contributed by atoms with Crippen molar-refractivity contribution in [3.63, 3.8) is 0 Å². The topological polar surface area (TPSA) is 15.3 Å². The maximum atomic E-state index is 3.22. The highest BCUT2D eigenvalue weighted by molar-refractivity contribution is 5.97. The minimum absolute atomic E-state index is 0.745. The van der Waals surface area contributed by atoms with E-state index in [2.05, 4.69) is 53.9 Å².